The number of amides is 1. The van der Waals surface area contributed by atoms with Crippen molar-refractivity contribution < 1.29 is 14.3 Å². The van der Waals surface area contributed by atoms with Crippen LogP contribution in [0, 0.1) is 0 Å². The van der Waals surface area contributed by atoms with E-state index in [0.717, 1.165) is 18.7 Å². The number of nitrogens with zero attached hydrogens (tertiary/aromatic N) is 3. The molecule has 1 N–H and O–H groups in total. The SMILES string of the molecule is COC1CN(C(=O)c2n[nH]c(C3CC3)n2)CC1OC. The molecule has 1 saturated heterocycles. The fourth-order valence-electron chi connectivity index (χ4n) is 2.41. The van der Waals surface area contributed by atoms with E-state index in [0.29, 0.717) is 19.0 Å². The number of likely N-dealkylation sites (tertiary alicyclic amines) is 1. The van der Waals surface area contributed by atoms with E-state index in [1.807, 2.05) is 0 Å². The van der Waals surface area contributed by atoms with Crippen molar-refractivity contribution in [2.75, 3.05) is 27.3 Å². The molecule has 0 spiro atoms. The highest BCUT2D eigenvalue weighted by Crippen LogP contribution is 2.37. The standard InChI is InChI=1S/C12H18N4O3/c1-18-8-5-16(6-9(8)19-2)12(17)11-13-10(14-15-11)7-3-4-7/h7-9H,3-6H2,1-2H3,(H,13,14,15). The van der Waals surface area contributed by atoms with E-state index in [2.05, 4.69) is 15.2 Å². The van der Waals surface area contributed by atoms with E-state index in [-0.39, 0.29) is 23.9 Å². The summed E-state index contributed by atoms with van der Waals surface area (Å²) in [7, 11) is 3.26. The fourth-order valence-corrected chi connectivity index (χ4v) is 2.41. The highest BCUT2D eigenvalue weighted by Gasteiger charge is 2.37. The number of methoxy groups -OCH3 is 2. The summed E-state index contributed by atoms with van der Waals surface area (Å²) in [5, 5.41) is 6.87. The van der Waals surface area contributed by atoms with Crippen LogP contribution in [0.15, 0.2) is 0 Å². The number of carbonyl (C=O) groups excluding carboxylic acids is 1. The maximum atomic E-state index is 12.3. The van der Waals surface area contributed by atoms with E-state index in [4.69, 9.17) is 9.47 Å². The molecule has 2 fully saturated rings. The Morgan fingerprint density at radius 3 is 2.42 bits per heavy atom. The lowest BCUT2D eigenvalue weighted by atomic mass is 10.3. The Morgan fingerprint density at radius 2 is 1.89 bits per heavy atom. The van der Waals surface area contributed by atoms with Crippen LogP contribution in [0.3, 0.4) is 0 Å². The largest absolute Gasteiger partial charge is 0.377 e. The van der Waals surface area contributed by atoms with Gasteiger partial charge in [-0.1, -0.05) is 0 Å². The molecule has 2 atom stereocenters. The van der Waals surface area contributed by atoms with Gasteiger partial charge in [-0.25, -0.2) is 4.98 Å². The van der Waals surface area contributed by atoms with Crippen molar-refractivity contribution in [2.45, 2.75) is 31.0 Å². The first-order valence-electron chi connectivity index (χ1n) is 6.50. The first-order valence-corrected chi connectivity index (χ1v) is 6.50. The summed E-state index contributed by atoms with van der Waals surface area (Å²) in [6.07, 6.45) is 2.08. The van der Waals surface area contributed by atoms with Crippen molar-refractivity contribution in [2.24, 2.45) is 0 Å². The average Bonchev–Trinajstić information content (AvgIpc) is 3.03. The maximum Gasteiger partial charge on any atom is 0.293 e. The van der Waals surface area contributed by atoms with Crippen LogP contribution < -0.4 is 0 Å². The first kappa shape index (κ1) is 12.6. The van der Waals surface area contributed by atoms with Gasteiger partial charge in [0.1, 0.15) is 18.0 Å². The molecule has 7 heteroatoms. The van der Waals surface area contributed by atoms with Gasteiger partial charge >= 0.3 is 0 Å². The van der Waals surface area contributed by atoms with Crippen LogP contribution in [0.2, 0.25) is 0 Å². The summed E-state index contributed by atoms with van der Waals surface area (Å²) in [4.78, 5) is 18.3. The van der Waals surface area contributed by atoms with E-state index in [1.54, 1.807) is 19.1 Å². The topological polar surface area (TPSA) is 80.3 Å². The molecule has 1 aromatic rings. The average molecular weight is 266 g/mol. The van der Waals surface area contributed by atoms with Crippen molar-refractivity contribution in [3.63, 3.8) is 0 Å². The summed E-state index contributed by atoms with van der Waals surface area (Å²) in [5.41, 5.74) is 0. The molecule has 2 heterocycles. The van der Waals surface area contributed by atoms with Crippen molar-refractivity contribution >= 4 is 5.91 Å². The van der Waals surface area contributed by atoms with Gasteiger partial charge in [0.25, 0.3) is 5.91 Å². The van der Waals surface area contributed by atoms with Crippen molar-refractivity contribution in [1.82, 2.24) is 20.1 Å². The van der Waals surface area contributed by atoms with Crippen molar-refractivity contribution in [3.8, 4) is 0 Å². The third-order valence-corrected chi connectivity index (χ3v) is 3.77. The molecular formula is C12H18N4O3. The predicted molar refractivity (Wildman–Crippen MR) is 65.9 cm³/mol. The number of carbonyl (C=O) groups is 1. The lowest BCUT2D eigenvalue weighted by Crippen LogP contribution is -2.31. The minimum absolute atomic E-state index is 0.0872. The molecule has 1 aromatic heterocycles. The fraction of sp³-hybridized carbons (Fsp3) is 0.750. The van der Waals surface area contributed by atoms with Gasteiger partial charge in [-0.15, -0.1) is 5.10 Å². The highest BCUT2D eigenvalue weighted by molar-refractivity contribution is 5.90. The zero-order valence-corrected chi connectivity index (χ0v) is 11.1. The summed E-state index contributed by atoms with van der Waals surface area (Å²) < 4.78 is 10.6. The van der Waals surface area contributed by atoms with Gasteiger partial charge in [0.15, 0.2) is 0 Å². The van der Waals surface area contributed by atoms with Crippen molar-refractivity contribution in [3.05, 3.63) is 11.6 Å². The van der Waals surface area contributed by atoms with Gasteiger partial charge in [-0.2, -0.15) is 0 Å². The number of H-pyrrole nitrogens is 1. The number of aromatic amines is 1. The van der Waals surface area contributed by atoms with Crippen LogP contribution in [0.1, 0.15) is 35.2 Å². The third-order valence-electron chi connectivity index (χ3n) is 3.77. The predicted octanol–water partition coefficient (Wildman–Crippen LogP) is 0.168. The second-order valence-corrected chi connectivity index (χ2v) is 5.08. The number of rotatable bonds is 4. The van der Waals surface area contributed by atoms with Gasteiger partial charge < -0.3 is 14.4 Å². The Labute approximate surface area is 111 Å². The van der Waals surface area contributed by atoms with Gasteiger partial charge in [-0.05, 0) is 12.8 Å². The number of aromatic nitrogens is 3. The lowest BCUT2D eigenvalue weighted by Gasteiger charge is -2.13. The summed E-state index contributed by atoms with van der Waals surface area (Å²) in [5.74, 6) is 1.37. The molecule has 1 aliphatic heterocycles. The van der Waals surface area contributed by atoms with E-state index in [9.17, 15) is 4.79 Å². The van der Waals surface area contributed by atoms with Gasteiger partial charge in [0, 0.05) is 33.2 Å². The highest BCUT2D eigenvalue weighted by atomic mass is 16.5. The smallest absolute Gasteiger partial charge is 0.293 e. The molecule has 0 aromatic carbocycles. The second kappa shape index (κ2) is 4.90. The van der Waals surface area contributed by atoms with E-state index < -0.39 is 0 Å². The first-order chi connectivity index (χ1) is 9.22. The van der Waals surface area contributed by atoms with Gasteiger partial charge in [0.2, 0.25) is 5.82 Å². The number of nitrogens with one attached hydrogen (secondary N) is 1. The lowest BCUT2D eigenvalue weighted by molar-refractivity contribution is -0.00461. The number of hydrogen-bond donors (Lipinski definition) is 1. The summed E-state index contributed by atoms with van der Waals surface area (Å²) in [6.45, 7) is 1.03. The molecule has 2 unspecified atom stereocenters. The zero-order chi connectivity index (χ0) is 13.4. The van der Waals surface area contributed by atoms with E-state index >= 15 is 0 Å². The van der Waals surface area contributed by atoms with Gasteiger partial charge in [0.05, 0.1) is 0 Å². The molecule has 104 valence electrons. The number of hydrogen-bond acceptors (Lipinski definition) is 5. The van der Waals surface area contributed by atoms with Crippen LogP contribution in [-0.2, 0) is 9.47 Å². The van der Waals surface area contributed by atoms with Crippen LogP contribution >= 0.6 is 0 Å². The molecule has 1 aliphatic carbocycles. The Morgan fingerprint density at radius 1 is 1.26 bits per heavy atom. The van der Waals surface area contributed by atoms with Crippen molar-refractivity contribution in [1.29, 1.82) is 0 Å². The Bertz CT molecular complexity index is 459. The minimum Gasteiger partial charge on any atom is -0.377 e. The monoisotopic (exact) mass is 266 g/mol. The quantitative estimate of drug-likeness (QED) is 0.840. The molecule has 0 bridgehead atoms. The molecule has 1 amide bonds. The zero-order valence-electron chi connectivity index (χ0n) is 11.1. The molecule has 0 radical (unpaired) electrons. The minimum atomic E-state index is -0.162. The summed E-state index contributed by atoms with van der Waals surface area (Å²) >= 11 is 0. The molecular weight excluding hydrogens is 248 g/mol. The molecule has 1 saturated carbocycles. The Hall–Kier alpha value is -1.47. The van der Waals surface area contributed by atoms with E-state index in [1.165, 1.54) is 0 Å². The molecule has 19 heavy (non-hydrogen) atoms. The second-order valence-electron chi connectivity index (χ2n) is 5.08. The van der Waals surface area contributed by atoms with Crippen LogP contribution in [-0.4, -0.2) is 65.5 Å². The molecule has 7 nitrogen and oxygen atoms in total. The van der Waals surface area contributed by atoms with Crippen LogP contribution in [0.25, 0.3) is 0 Å². The molecule has 2 aliphatic rings. The molecule has 3 rings (SSSR count). The Kier molecular flexibility index (Phi) is 3.24. The van der Waals surface area contributed by atoms with Crippen LogP contribution in [0.4, 0.5) is 0 Å². The maximum absolute atomic E-state index is 12.3. The summed E-state index contributed by atoms with van der Waals surface area (Å²) in [6, 6.07) is 0. The van der Waals surface area contributed by atoms with Gasteiger partial charge in [-0.3, -0.25) is 9.89 Å². The normalized spacial score (nSPS) is 26.9. The number of ether oxygens (including phenoxy) is 2. The Balaban J connectivity index is 1.69. The van der Waals surface area contributed by atoms with Crippen LogP contribution in [0.5, 0.6) is 0 Å². The third kappa shape index (κ3) is 2.35.